The average Bonchev–Trinajstić information content (AvgIpc) is 2.60. The minimum Gasteiger partial charge on any atom is -0.376 e. The first-order valence-corrected chi connectivity index (χ1v) is 10.6. The summed E-state index contributed by atoms with van der Waals surface area (Å²) in [5, 5.41) is 0. The third kappa shape index (κ3) is 4.71. The number of benzene rings is 1. The van der Waals surface area contributed by atoms with Gasteiger partial charge in [0.25, 0.3) is 10.1 Å². The Balaban J connectivity index is 2.31. The number of alkyl halides is 1. The number of ether oxygens (including phenoxy) is 4. The van der Waals surface area contributed by atoms with Crippen molar-refractivity contribution in [2.75, 3.05) is 25.8 Å². The SMILES string of the molecule is CO[C@H]1O[C@H](CI)[C@@H](OS(=O)(=O)c2ccc(C)cc2)[C@H](OC)[C@H]1OC. The van der Waals surface area contributed by atoms with E-state index in [1.807, 2.05) is 6.92 Å². The highest BCUT2D eigenvalue weighted by molar-refractivity contribution is 14.1. The molecular formula is C16H23IO7S. The van der Waals surface area contributed by atoms with Gasteiger partial charge in [-0.15, -0.1) is 0 Å². The zero-order valence-electron chi connectivity index (χ0n) is 14.5. The topological polar surface area (TPSA) is 80.3 Å². The van der Waals surface area contributed by atoms with Crippen molar-refractivity contribution in [1.82, 2.24) is 0 Å². The molecule has 1 aliphatic rings. The maximum atomic E-state index is 12.7. The Labute approximate surface area is 162 Å². The Morgan fingerprint density at radius 1 is 1.00 bits per heavy atom. The van der Waals surface area contributed by atoms with Crippen LogP contribution in [-0.2, 0) is 33.2 Å². The first-order chi connectivity index (χ1) is 11.9. The Morgan fingerprint density at radius 2 is 1.60 bits per heavy atom. The second-order valence-electron chi connectivity index (χ2n) is 5.66. The van der Waals surface area contributed by atoms with E-state index < -0.39 is 40.8 Å². The van der Waals surface area contributed by atoms with Crippen LogP contribution in [0.3, 0.4) is 0 Å². The van der Waals surface area contributed by atoms with Gasteiger partial charge in [-0.05, 0) is 19.1 Å². The summed E-state index contributed by atoms with van der Waals surface area (Å²) in [5.41, 5.74) is 0.960. The van der Waals surface area contributed by atoms with E-state index in [0.29, 0.717) is 4.43 Å². The molecule has 25 heavy (non-hydrogen) atoms. The Bertz CT molecular complexity index is 649. The summed E-state index contributed by atoms with van der Waals surface area (Å²) in [6, 6.07) is 6.47. The van der Waals surface area contributed by atoms with Gasteiger partial charge >= 0.3 is 0 Å². The van der Waals surface area contributed by atoms with Crippen molar-refractivity contribution in [2.45, 2.75) is 42.5 Å². The molecule has 7 nitrogen and oxygen atoms in total. The van der Waals surface area contributed by atoms with Crippen molar-refractivity contribution < 1.29 is 31.5 Å². The highest BCUT2D eigenvalue weighted by Crippen LogP contribution is 2.31. The molecule has 0 amide bonds. The van der Waals surface area contributed by atoms with Crippen LogP contribution >= 0.6 is 22.6 Å². The van der Waals surface area contributed by atoms with E-state index in [9.17, 15) is 8.42 Å². The molecular weight excluding hydrogens is 463 g/mol. The smallest absolute Gasteiger partial charge is 0.297 e. The summed E-state index contributed by atoms with van der Waals surface area (Å²) < 4.78 is 53.4. The van der Waals surface area contributed by atoms with E-state index >= 15 is 0 Å². The van der Waals surface area contributed by atoms with Crippen LogP contribution in [0.15, 0.2) is 29.2 Å². The molecule has 1 heterocycles. The minimum atomic E-state index is -3.98. The molecule has 0 aromatic heterocycles. The average molecular weight is 486 g/mol. The van der Waals surface area contributed by atoms with Gasteiger partial charge in [0.1, 0.15) is 18.3 Å². The van der Waals surface area contributed by atoms with Gasteiger partial charge in [-0.1, -0.05) is 40.3 Å². The molecule has 9 heteroatoms. The van der Waals surface area contributed by atoms with Gasteiger partial charge in [0, 0.05) is 25.8 Å². The highest BCUT2D eigenvalue weighted by Gasteiger charge is 2.49. The maximum absolute atomic E-state index is 12.7. The number of hydrogen-bond donors (Lipinski definition) is 0. The van der Waals surface area contributed by atoms with Gasteiger partial charge in [-0.3, -0.25) is 4.18 Å². The van der Waals surface area contributed by atoms with Crippen molar-refractivity contribution in [3.05, 3.63) is 29.8 Å². The summed E-state index contributed by atoms with van der Waals surface area (Å²) in [6.07, 6.45) is -3.33. The largest absolute Gasteiger partial charge is 0.376 e. The predicted octanol–water partition coefficient (Wildman–Crippen LogP) is 1.91. The molecule has 0 unspecified atom stereocenters. The molecule has 142 valence electrons. The molecule has 2 rings (SSSR count). The number of halogens is 1. The molecule has 5 atom stereocenters. The standard InChI is InChI=1S/C16H23IO7S/c1-10-5-7-11(8-6-10)25(18,19)24-13-12(9-17)23-16(22-4)15(21-3)14(13)20-2/h5-8,12-16H,9H2,1-4H3/t12-,13-,14+,15-,16+/m1/s1. The van der Waals surface area contributed by atoms with E-state index in [4.69, 9.17) is 23.1 Å². The van der Waals surface area contributed by atoms with Crippen LogP contribution in [-0.4, -0.2) is 64.9 Å². The number of rotatable bonds is 7. The summed E-state index contributed by atoms with van der Waals surface area (Å²) in [6.45, 7) is 1.88. The van der Waals surface area contributed by atoms with Gasteiger partial charge in [0.2, 0.25) is 0 Å². The fourth-order valence-corrected chi connectivity index (χ4v) is 4.55. The lowest BCUT2D eigenvalue weighted by Crippen LogP contribution is -2.61. The van der Waals surface area contributed by atoms with E-state index in [1.165, 1.54) is 33.5 Å². The fraction of sp³-hybridized carbons (Fsp3) is 0.625. The molecule has 0 radical (unpaired) electrons. The molecule has 1 aromatic carbocycles. The minimum absolute atomic E-state index is 0.0861. The monoisotopic (exact) mass is 486 g/mol. The summed E-state index contributed by atoms with van der Waals surface area (Å²) in [5.74, 6) is 0. The molecule has 0 N–H and O–H groups in total. The molecule has 1 saturated heterocycles. The first kappa shape index (κ1) is 21.0. The van der Waals surface area contributed by atoms with Gasteiger partial charge in [0.05, 0.1) is 11.0 Å². The molecule has 0 saturated carbocycles. The highest BCUT2D eigenvalue weighted by atomic mass is 127. The van der Waals surface area contributed by atoms with Crippen LogP contribution in [0.2, 0.25) is 0 Å². The van der Waals surface area contributed by atoms with Crippen LogP contribution in [0.1, 0.15) is 5.56 Å². The van der Waals surface area contributed by atoms with Crippen LogP contribution in [0.25, 0.3) is 0 Å². The summed E-state index contributed by atoms with van der Waals surface area (Å²) >= 11 is 2.11. The van der Waals surface area contributed by atoms with Crippen LogP contribution in [0.4, 0.5) is 0 Å². The van der Waals surface area contributed by atoms with Gasteiger partial charge in [-0.25, -0.2) is 0 Å². The summed E-state index contributed by atoms with van der Waals surface area (Å²) in [7, 11) is 0.488. The Morgan fingerprint density at radius 3 is 2.08 bits per heavy atom. The van der Waals surface area contributed by atoms with Gasteiger partial charge < -0.3 is 18.9 Å². The Hall–Kier alpha value is -0.300. The Kier molecular flexibility index (Phi) is 7.62. The second kappa shape index (κ2) is 9.07. The van der Waals surface area contributed by atoms with Crippen molar-refractivity contribution in [1.29, 1.82) is 0 Å². The van der Waals surface area contributed by atoms with Crippen LogP contribution in [0.5, 0.6) is 0 Å². The van der Waals surface area contributed by atoms with E-state index in [0.717, 1.165) is 5.56 Å². The molecule has 1 aliphatic heterocycles. The van der Waals surface area contributed by atoms with Crippen LogP contribution < -0.4 is 0 Å². The van der Waals surface area contributed by atoms with Crippen LogP contribution in [0, 0.1) is 6.92 Å². The lowest BCUT2D eigenvalue weighted by atomic mass is 9.99. The molecule has 0 spiro atoms. The van der Waals surface area contributed by atoms with Crippen molar-refractivity contribution in [2.24, 2.45) is 0 Å². The third-order valence-electron chi connectivity index (χ3n) is 4.07. The molecule has 0 bridgehead atoms. The van der Waals surface area contributed by atoms with Gasteiger partial charge in [-0.2, -0.15) is 8.42 Å². The second-order valence-corrected chi connectivity index (χ2v) is 8.11. The number of hydrogen-bond acceptors (Lipinski definition) is 7. The third-order valence-corrected chi connectivity index (χ3v) is 6.26. The number of methoxy groups -OCH3 is 3. The quantitative estimate of drug-likeness (QED) is 0.331. The zero-order chi connectivity index (χ0) is 18.6. The first-order valence-electron chi connectivity index (χ1n) is 7.67. The van der Waals surface area contributed by atoms with Crippen molar-refractivity contribution in [3.63, 3.8) is 0 Å². The fourth-order valence-electron chi connectivity index (χ4n) is 2.73. The zero-order valence-corrected chi connectivity index (χ0v) is 17.5. The van der Waals surface area contributed by atoms with E-state index in [-0.39, 0.29) is 4.90 Å². The maximum Gasteiger partial charge on any atom is 0.297 e. The molecule has 1 fully saturated rings. The predicted molar refractivity (Wildman–Crippen MR) is 99.4 cm³/mol. The molecule has 0 aliphatic carbocycles. The molecule has 1 aromatic rings. The van der Waals surface area contributed by atoms with Crippen molar-refractivity contribution in [3.8, 4) is 0 Å². The van der Waals surface area contributed by atoms with E-state index in [2.05, 4.69) is 22.6 Å². The normalized spacial score (nSPS) is 30.4. The van der Waals surface area contributed by atoms with Crippen molar-refractivity contribution >= 4 is 32.7 Å². The lowest BCUT2D eigenvalue weighted by Gasteiger charge is -2.43. The van der Waals surface area contributed by atoms with E-state index in [1.54, 1.807) is 12.1 Å². The number of aryl methyl sites for hydroxylation is 1. The van der Waals surface area contributed by atoms with Gasteiger partial charge in [0.15, 0.2) is 6.29 Å². The summed E-state index contributed by atoms with van der Waals surface area (Å²) in [4.78, 5) is 0.0861. The lowest BCUT2D eigenvalue weighted by molar-refractivity contribution is -0.289.